The van der Waals surface area contributed by atoms with Gasteiger partial charge in [-0.3, -0.25) is 0 Å². The molecule has 1 aromatic carbocycles. The van der Waals surface area contributed by atoms with Gasteiger partial charge in [0.1, 0.15) is 0 Å². The van der Waals surface area contributed by atoms with Gasteiger partial charge < -0.3 is 5.73 Å². The molecule has 2 N–H and O–H groups in total. The average Bonchev–Trinajstić information content (AvgIpc) is 2.31. The van der Waals surface area contributed by atoms with Gasteiger partial charge in [0, 0.05) is 5.54 Å². The first-order valence-corrected chi connectivity index (χ1v) is 7.75. The second kappa shape index (κ2) is 5.66. The Morgan fingerprint density at radius 1 is 1.21 bits per heavy atom. The molecule has 1 fully saturated rings. The number of benzene rings is 1. The summed E-state index contributed by atoms with van der Waals surface area (Å²) in [5, 5.41) is 0. The maximum Gasteiger partial charge on any atom is 0.0228 e. The SMILES string of the molecule is Cc1ccc(CC2(N)CC(C)CCC2C(C)C)cc1. The Kier molecular flexibility index (Phi) is 4.35. The minimum Gasteiger partial charge on any atom is -0.325 e. The van der Waals surface area contributed by atoms with Crippen molar-refractivity contribution in [3.05, 3.63) is 35.4 Å². The summed E-state index contributed by atoms with van der Waals surface area (Å²) < 4.78 is 0. The normalized spacial score (nSPS) is 31.7. The molecular formula is C18H29N. The zero-order chi connectivity index (χ0) is 14.0. The van der Waals surface area contributed by atoms with Crippen LogP contribution in [0.15, 0.2) is 24.3 Å². The van der Waals surface area contributed by atoms with Crippen molar-refractivity contribution in [2.75, 3.05) is 0 Å². The lowest BCUT2D eigenvalue weighted by Crippen LogP contribution is -2.54. The first-order valence-electron chi connectivity index (χ1n) is 7.75. The predicted molar refractivity (Wildman–Crippen MR) is 83.1 cm³/mol. The van der Waals surface area contributed by atoms with E-state index in [9.17, 15) is 0 Å². The summed E-state index contributed by atoms with van der Waals surface area (Å²) in [6, 6.07) is 8.91. The van der Waals surface area contributed by atoms with Gasteiger partial charge in [0.15, 0.2) is 0 Å². The maximum absolute atomic E-state index is 6.86. The lowest BCUT2D eigenvalue weighted by Gasteiger charge is -2.46. The number of hydrogen-bond donors (Lipinski definition) is 1. The fraction of sp³-hybridized carbons (Fsp3) is 0.667. The Labute approximate surface area is 118 Å². The molecule has 1 aromatic rings. The second-order valence-electron chi connectivity index (χ2n) is 7.13. The van der Waals surface area contributed by atoms with Crippen LogP contribution in [0.3, 0.4) is 0 Å². The van der Waals surface area contributed by atoms with E-state index in [1.807, 2.05) is 0 Å². The van der Waals surface area contributed by atoms with E-state index in [2.05, 4.69) is 52.0 Å². The summed E-state index contributed by atoms with van der Waals surface area (Å²) >= 11 is 0. The molecule has 1 saturated carbocycles. The van der Waals surface area contributed by atoms with Crippen LogP contribution in [0, 0.1) is 24.7 Å². The molecule has 0 aliphatic heterocycles. The molecule has 1 aliphatic carbocycles. The maximum atomic E-state index is 6.86. The van der Waals surface area contributed by atoms with Crippen LogP contribution in [0.4, 0.5) is 0 Å². The lowest BCUT2D eigenvalue weighted by molar-refractivity contribution is 0.109. The van der Waals surface area contributed by atoms with E-state index in [0.29, 0.717) is 11.8 Å². The molecule has 0 spiro atoms. The van der Waals surface area contributed by atoms with Gasteiger partial charge in [-0.15, -0.1) is 0 Å². The number of nitrogens with two attached hydrogens (primary N) is 1. The molecule has 0 radical (unpaired) electrons. The number of aryl methyl sites for hydroxylation is 1. The minimum absolute atomic E-state index is 0.0128. The zero-order valence-corrected chi connectivity index (χ0v) is 12.9. The van der Waals surface area contributed by atoms with Gasteiger partial charge in [-0.2, -0.15) is 0 Å². The van der Waals surface area contributed by atoms with E-state index in [1.165, 1.54) is 30.4 Å². The zero-order valence-electron chi connectivity index (χ0n) is 12.9. The largest absolute Gasteiger partial charge is 0.325 e. The first-order chi connectivity index (χ1) is 8.90. The fourth-order valence-electron chi connectivity index (χ4n) is 3.94. The van der Waals surface area contributed by atoms with Crippen LogP contribution < -0.4 is 5.73 Å². The molecule has 3 unspecified atom stereocenters. The molecule has 19 heavy (non-hydrogen) atoms. The highest BCUT2D eigenvalue weighted by molar-refractivity contribution is 5.24. The van der Waals surface area contributed by atoms with E-state index in [-0.39, 0.29) is 5.54 Å². The standard InChI is InChI=1S/C18H29N/c1-13(2)17-10-7-15(4)11-18(17,19)12-16-8-5-14(3)6-9-16/h5-6,8-9,13,15,17H,7,10-12,19H2,1-4H3. The second-order valence-corrected chi connectivity index (χ2v) is 7.13. The van der Waals surface area contributed by atoms with Crippen molar-refractivity contribution in [2.45, 2.75) is 58.9 Å². The Morgan fingerprint density at radius 3 is 2.42 bits per heavy atom. The van der Waals surface area contributed by atoms with E-state index in [1.54, 1.807) is 0 Å². The molecule has 0 aromatic heterocycles. The summed E-state index contributed by atoms with van der Waals surface area (Å²) in [5.74, 6) is 2.11. The van der Waals surface area contributed by atoms with E-state index < -0.39 is 0 Å². The average molecular weight is 259 g/mol. The van der Waals surface area contributed by atoms with Gasteiger partial charge in [0.25, 0.3) is 0 Å². The predicted octanol–water partition coefficient (Wildman–Crippen LogP) is 4.33. The van der Waals surface area contributed by atoms with Gasteiger partial charge in [0.2, 0.25) is 0 Å². The number of rotatable bonds is 3. The van der Waals surface area contributed by atoms with Crippen molar-refractivity contribution in [1.29, 1.82) is 0 Å². The van der Waals surface area contributed by atoms with Crippen LogP contribution in [0.5, 0.6) is 0 Å². The Bertz CT molecular complexity index is 406. The summed E-state index contributed by atoms with van der Waals surface area (Å²) in [6.07, 6.45) is 4.83. The smallest absolute Gasteiger partial charge is 0.0228 e. The van der Waals surface area contributed by atoms with Gasteiger partial charge in [-0.05, 0) is 49.5 Å². The van der Waals surface area contributed by atoms with Crippen LogP contribution in [-0.2, 0) is 6.42 Å². The summed E-state index contributed by atoms with van der Waals surface area (Å²) in [6.45, 7) is 9.16. The van der Waals surface area contributed by atoms with Crippen molar-refractivity contribution < 1.29 is 0 Å². The quantitative estimate of drug-likeness (QED) is 0.859. The van der Waals surface area contributed by atoms with Crippen LogP contribution >= 0.6 is 0 Å². The molecular weight excluding hydrogens is 230 g/mol. The van der Waals surface area contributed by atoms with E-state index >= 15 is 0 Å². The third-order valence-electron chi connectivity index (χ3n) is 4.90. The molecule has 1 nitrogen and oxygen atoms in total. The van der Waals surface area contributed by atoms with Crippen molar-refractivity contribution in [2.24, 2.45) is 23.5 Å². The van der Waals surface area contributed by atoms with Gasteiger partial charge in [-0.1, -0.05) is 57.0 Å². The van der Waals surface area contributed by atoms with Crippen LogP contribution in [0.25, 0.3) is 0 Å². The summed E-state index contributed by atoms with van der Waals surface area (Å²) in [5.41, 5.74) is 9.57. The fourth-order valence-corrected chi connectivity index (χ4v) is 3.94. The minimum atomic E-state index is -0.0128. The molecule has 1 aliphatic rings. The summed E-state index contributed by atoms with van der Waals surface area (Å²) in [4.78, 5) is 0. The van der Waals surface area contributed by atoms with Crippen molar-refractivity contribution in [3.63, 3.8) is 0 Å². The van der Waals surface area contributed by atoms with Crippen molar-refractivity contribution >= 4 is 0 Å². The monoisotopic (exact) mass is 259 g/mol. The van der Waals surface area contributed by atoms with Gasteiger partial charge in [0.05, 0.1) is 0 Å². The van der Waals surface area contributed by atoms with E-state index in [0.717, 1.165) is 12.3 Å². The van der Waals surface area contributed by atoms with Crippen molar-refractivity contribution in [3.8, 4) is 0 Å². The molecule has 0 bridgehead atoms. The third kappa shape index (κ3) is 3.39. The summed E-state index contributed by atoms with van der Waals surface area (Å²) in [7, 11) is 0. The molecule has 1 heteroatoms. The van der Waals surface area contributed by atoms with Crippen LogP contribution in [0.1, 0.15) is 51.2 Å². The highest BCUT2D eigenvalue weighted by Gasteiger charge is 2.40. The molecule has 0 saturated heterocycles. The molecule has 0 amide bonds. The third-order valence-corrected chi connectivity index (χ3v) is 4.90. The highest BCUT2D eigenvalue weighted by atomic mass is 14.8. The van der Waals surface area contributed by atoms with Crippen molar-refractivity contribution in [1.82, 2.24) is 0 Å². The molecule has 2 rings (SSSR count). The van der Waals surface area contributed by atoms with Gasteiger partial charge >= 0.3 is 0 Å². The Balaban J connectivity index is 2.19. The molecule has 0 heterocycles. The Morgan fingerprint density at radius 2 is 1.84 bits per heavy atom. The lowest BCUT2D eigenvalue weighted by atomic mass is 9.63. The Hall–Kier alpha value is -0.820. The topological polar surface area (TPSA) is 26.0 Å². The van der Waals surface area contributed by atoms with Crippen LogP contribution in [0.2, 0.25) is 0 Å². The van der Waals surface area contributed by atoms with Gasteiger partial charge in [-0.25, -0.2) is 0 Å². The first kappa shape index (κ1) is 14.6. The number of hydrogen-bond acceptors (Lipinski definition) is 1. The highest BCUT2D eigenvalue weighted by Crippen LogP contribution is 2.41. The molecule has 3 atom stereocenters. The van der Waals surface area contributed by atoms with Crippen LogP contribution in [-0.4, -0.2) is 5.54 Å². The van der Waals surface area contributed by atoms with E-state index in [4.69, 9.17) is 5.73 Å². The molecule has 106 valence electrons.